The SMILES string of the molecule is N[C@@H](Cc1ccccc1)C(=O)N1CCN(Cc2ccccc2)CC1.O=C([C@H](Cc1ccccc1)N(Cc1ccc(Cl)cc1)C(=O)/C=C/c1ccc(C(F)(F)F)cc1)N1CCN(Cc2ccccc2)CC1.O=C([C@H](Cc1ccccc1)NCc1ccc(Cl)cc1)N1CCN(Cc2ccccc2)CC1. The number of amides is 4. The van der Waals surface area contributed by atoms with Crippen LogP contribution in [0.1, 0.15) is 55.6 Å². The first kappa shape index (κ1) is 75.4. The minimum Gasteiger partial charge on any atom is -0.339 e. The van der Waals surface area contributed by atoms with Gasteiger partial charge in [-0.2, -0.15) is 13.2 Å². The molecule has 3 aliphatic heterocycles. The number of nitrogens with one attached hydrogen (secondary N) is 1. The molecule has 4 amide bonds. The van der Waals surface area contributed by atoms with Crippen LogP contribution in [0, 0.1) is 0 Å². The van der Waals surface area contributed by atoms with Crippen LogP contribution in [-0.4, -0.2) is 155 Å². The highest BCUT2D eigenvalue weighted by Crippen LogP contribution is 2.30. The number of alkyl halides is 3. The molecule has 530 valence electrons. The Morgan fingerprint density at radius 1 is 0.412 bits per heavy atom. The van der Waals surface area contributed by atoms with Crippen LogP contribution in [0.2, 0.25) is 10.0 Å². The minimum atomic E-state index is -4.45. The van der Waals surface area contributed by atoms with E-state index in [4.69, 9.17) is 28.9 Å². The van der Waals surface area contributed by atoms with E-state index in [0.29, 0.717) is 62.6 Å². The van der Waals surface area contributed by atoms with Crippen LogP contribution < -0.4 is 11.1 Å². The van der Waals surface area contributed by atoms with Gasteiger partial charge in [-0.15, -0.1) is 0 Å². The molecule has 0 spiro atoms. The van der Waals surface area contributed by atoms with Gasteiger partial charge in [0.05, 0.1) is 17.6 Å². The zero-order chi connectivity index (χ0) is 71.5. The van der Waals surface area contributed by atoms with Gasteiger partial charge in [-0.05, 0) is 105 Å². The minimum absolute atomic E-state index is 0.0678. The number of hydrogen-bond donors (Lipinski definition) is 2. The Bertz CT molecular complexity index is 4020. The zero-order valence-electron chi connectivity index (χ0n) is 57.5. The summed E-state index contributed by atoms with van der Waals surface area (Å²) in [5, 5.41) is 4.78. The van der Waals surface area contributed by atoms with Crippen molar-refractivity contribution in [2.75, 3.05) is 78.5 Å². The summed E-state index contributed by atoms with van der Waals surface area (Å²) >= 11 is 12.1. The third kappa shape index (κ3) is 23.9. The lowest BCUT2D eigenvalue weighted by molar-refractivity contribution is -0.145. The van der Waals surface area contributed by atoms with Gasteiger partial charge in [0.2, 0.25) is 23.6 Å². The molecule has 0 saturated carbocycles. The third-order valence-electron chi connectivity index (χ3n) is 18.6. The molecule has 0 aliphatic carbocycles. The lowest BCUT2D eigenvalue weighted by atomic mass is 10.0. The highest BCUT2D eigenvalue weighted by Gasteiger charge is 2.35. The van der Waals surface area contributed by atoms with Gasteiger partial charge in [-0.1, -0.05) is 242 Å². The average molecular weight is 1420 g/mol. The van der Waals surface area contributed by atoms with Gasteiger partial charge in [0, 0.05) is 134 Å². The monoisotopic (exact) mass is 1420 g/mol. The predicted octanol–water partition coefficient (Wildman–Crippen LogP) is 13.6. The van der Waals surface area contributed by atoms with Crippen LogP contribution in [0.5, 0.6) is 0 Å². The van der Waals surface area contributed by atoms with E-state index in [1.54, 1.807) is 17.0 Å². The maximum atomic E-state index is 14.3. The van der Waals surface area contributed by atoms with Gasteiger partial charge in [-0.25, -0.2) is 0 Å². The lowest BCUT2D eigenvalue weighted by Gasteiger charge is -2.39. The molecule has 9 aromatic rings. The fraction of sp³-hybridized carbons (Fsp3) is 0.286. The lowest BCUT2D eigenvalue weighted by Crippen LogP contribution is -2.56. The number of piperazine rings is 3. The average Bonchev–Trinajstić information content (AvgIpc) is 0.819. The van der Waals surface area contributed by atoms with E-state index in [1.165, 1.54) is 41.0 Å². The largest absolute Gasteiger partial charge is 0.416 e. The van der Waals surface area contributed by atoms with Crippen molar-refractivity contribution >= 4 is 52.9 Å². The smallest absolute Gasteiger partial charge is 0.339 e. The number of halogens is 5. The van der Waals surface area contributed by atoms with Crippen molar-refractivity contribution in [2.24, 2.45) is 5.73 Å². The summed E-state index contributed by atoms with van der Waals surface area (Å²) in [6.07, 6.45) is -0.0738. The number of carbonyl (C=O) groups excluding carboxylic acids is 4. The second kappa shape index (κ2) is 38.7. The van der Waals surface area contributed by atoms with E-state index in [2.05, 4.69) is 92.8 Å². The first-order chi connectivity index (χ1) is 49.5. The van der Waals surface area contributed by atoms with E-state index in [-0.39, 0.29) is 30.3 Å². The van der Waals surface area contributed by atoms with Gasteiger partial charge in [0.15, 0.2) is 0 Å². The second-order valence-corrected chi connectivity index (χ2v) is 26.9. The van der Waals surface area contributed by atoms with Gasteiger partial charge in [0.25, 0.3) is 0 Å². The molecule has 13 nitrogen and oxygen atoms in total. The molecule has 3 heterocycles. The summed E-state index contributed by atoms with van der Waals surface area (Å²) < 4.78 is 39.2. The molecular weight excluding hydrogens is 1330 g/mol. The number of carbonyl (C=O) groups is 4. The fourth-order valence-corrected chi connectivity index (χ4v) is 13.1. The standard InChI is InChI=1S/C37H35ClF3N3O2.C27H30ClN3O.C20H25N3O/c38-33-18-13-31(14-19-33)27-44(35(45)20-15-28-11-16-32(17-12-28)37(39,40)41)34(25-29-7-3-1-4-8-29)36(46)43-23-21-42(22-24-43)26-30-9-5-2-6-10-30;28-25-13-11-23(12-14-25)20-29-26(19-22-7-3-1-4-8-22)27(32)31-17-15-30(16-18-31)21-24-9-5-2-6-10-24;21-19(15-17-7-3-1-4-8-17)20(24)23-13-11-22(12-14-23)16-18-9-5-2-6-10-18/h1-20,34H,21-27H2;1-14,26,29H,15-21H2;1-10,19H,11-16,21H2/b20-15+;;/t34-;26-;19-/m000/s1. The maximum Gasteiger partial charge on any atom is 0.416 e. The molecule has 3 atom stereocenters. The van der Waals surface area contributed by atoms with Crippen molar-refractivity contribution in [1.29, 1.82) is 0 Å². The first-order valence-electron chi connectivity index (χ1n) is 35.0. The molecule has 3 fully saturated rings. The van der Waals surface area contributed by atoms with Crippen molar-refractivity contribution < 1.29 is 32.3 Å². The summed E-state index contributed by atoms with van der Waals surface area (Å²) in [4.78, 5) is 68.7. The first-order valence-corrected chi connectivity index (χ1v) is 35.7. The summed E-state index contributed by atoms with van der Waals surface area (Å²) in [6.45, 7) is 12.6. The molecular formula is C84H90Cl2F3N9O4. The molecule has 3 aliphatic rings. The summed E-state index contributed by atoms with van der Waals surface area (Å²) in [7, 11) is 0. The third-order valence-corrected chi connectivity index (χ3v) is 19.1. The molecule has 12 rings (SSSR count). The molecule has 102 heavy (non-hydrogen) atoms. The molecule has 0 radical (unpaired) electrons. The van der Waals surface area contributed by atoms with Gasteiger partial charge in [0.1, 0.15) is 6.04 Å². The topological polar surface area (TPSA) is 129 Å². The van der Waals surface area contributed by atoms with Crippen molar-refractivity contribution in [3.8, 4) is 0 Å². The number of hydrogen-bond acceptors (Lipinski definition) is 9. The quantitative estimate of drug-likeness (QED) is 0.0602. The predicted molar refractivity (Wildman–Crippen MR) is 402 cm³/mol. The summed E-state index contributed by atoms with van der Waals surface area (Å²) in [6, 6.07) is 78.9. The molecule has 0 bridgehead atoms. The zero-order valence-corrected chi connectivity index (χ0v) is 59.0. The Balaban J connectivity index is 0.000000174. The van der Waals surface area contributed by atoms with Crippen molar-refractivity contribution in [3.63, 3.8) is 0 Å². The van der Waals surface area contributed by atoms with Gasteiger partial charge in [-0.3, -0.25) is 33.9 Å². The van der Waals surface area contributed by atoms with E-state index >= 15 is 0 Å². The summed E-state index contributed by atoms with van der Waals surface area (Å²) in [5.74, 6) is -0.319. The van der Waals surface area contributed by atoms with E-state index in [1.807, 2.05) is 160 Å². The number of rotatable bonds is 23. The Labute approximate surface area is 608 Å². The number of nitrogens with zero attached hydrogens (tertiary/aromatic N) is 7. The molecule has 3 N–H and O–H groups in total. The molecule has 0 aromatic heterocycles. The molecule has 3 saturated heterocycles. The van der Waals surface area contributed by atoms with Crippen LogP contribution in [-0.2, 0) is 77.3 Å². The van der Waals surface area contributed by atoms with E-state index < -0.39 is 29.7 Å². The Morgan fingerprint density at radius 2 is 0.765 bits per heavy atom. The van der Waals surface area contributed by atoms with Crippen molar-refractivity contribution in [3.05, 3.63) is 327 Å². The summed E-state index contributed by atoms with van der Waals surface area (Å²) in [5.41, 5.74) is 14.7. The highest BCUT2D eigenvalue weighted by molar-refractivity contribution is 6.30. The van der Waals surface area contributed by atoms with Crippen LogP contribution in [0.15, 0.2) is 261 Å². The van der Waals surface area contributed by atoms with Crippen LogP contribution in [0.4, 0.5) is 13.2 Å². The Hall–Kier alpha value is -9.23. The highest BCUT2D eigenvalue weighted by atomic mass is 35.5. The second-order valence-electron chi connectivity index (χ2n) is 26.1. The molecule has 18 heteroatoms. The number of nitrogens with two attached hydrogens (primary N) is 1. The van der Waals surface area contributed by atoms with Crippen LogP contribution in [0.3, 0.4) is 0 Å². The van der Waals surface area contributed by atoms with Crippen molar-refractivity contribution in [2.45, 2.75) is 76.3 Å². The van der Waals surface area contributed by atoms with Crippen LogP contribution in [0.25, 0.3) is 6.08 Å². The molecule has 0 unspecified atom stereocenters. The van der Waals surface area contributed by atoms with Crippen LogP contribution >= 0.6 is 23.2 Å². The molecule has 9 aromatic carbocycles. The Morgan fingerprint density at radius 3 is 1.17 bits per heavy atom. The van der Waals surface area contributed by atoms with E-state index in [9.17, 15) is 32.3 Å². The van der Waals surface area contributed by atoms with Gasteiger partial charge >= 0.3 is 6.18 Å². The Kier molecular flexibility index (Phi) is 28.6. The van der Waals surface area contributed by atoms with E-state index in [0.717, 1.165) is 117 Å². The number of benzene rings is 9. The normalized spacial score (nSPS) is 15.5. The van der Waals surface area contributed by atoms with Crippen molar-refractivity contribution in [1.82, 2.24) is 39.6 Å². The maximum absolute atomic E-state index is 14.3. The van der Waals surface area contributed by atoms with Gasteiger partial charge < -0.3 is 30.7 Å². The fourth-order valence-electron chi connectivity index (χ4n) is 12.8.